The summed E-state index contributed by atoms with van der Waals surface area (Å²) in [6.45, 7) is 3.91. The molecule has 0 atom stereocenters. The zero-order valence-corrected chi connectivity index (χ0v) is 12.7. The lowest BCUT2D eigenvalue weighted by Crippen LogP contribution is -2.38. The molecule has 1 aromatic heterocycles. The summed E-state index contributed by atoms with van der Waals surface area (Å²) in [4.78, 5) is 8.71. The summed E-state index contributed by atoms with van der Waals surface area (Å²) < 4.78 is 13.5. The van der Waals surface area contributed by atoms with Crippen LogP contribution < -0.4 is 10.6 Å². The molecule has 4 nitrogen and oxygen atoms in total. The second kappa shape index (κ2) is 8.77. The largest absolute Gasteiger partial charge is 0.357 e. The van der Waals surface area contributed by atoms with Gasteiger partial charge < -0.3 is 10.6 Å². The van der Waals surface area contributed by atoms with E-state index in [1.54, 1.807) is 18.3 Å². The van der Waals surface area contributed by atoms with Crippen LogP contribution in [-0.2, 0) is 13.0 Å². The number of halogens is 1. The Morgan fingerprint density at radius 2 is 1.95 bits per heavy atom. The van der Waals surface area contributed by atoms with Gasteiger partial charge >= 0.3 is 0 Å². The molecule has 116 valence electrons. The Kier molecular flexibility index (Phi) is 6.36. The molecule has 22 heavy (non-hydrogen) atoms. The van der Waals surface area contributed by atoms with Crippen molar-refractivity contribution in [1.82, 2.24) is 15.6 Å². The number of nitrogens with zero attached hydrogens (tertiary/aromatic N) is 2. The number of aromatic nitrogens is 1. The molecule has 1 heterocycles. The van der Waals surface area contributed by atoms with E-state index in [4.69, 9.17) is 0 Å². The van der Waals surface area contributed by atoms with Gasteiger partial charge in [-0.05, 0) is 37.1 Å². The van der Waals surface area contributed by atoms with Crippen molar-refractivity contribution in [2.24, 2.45) is 4.99 Å². The first kappa shape index (κ1) is 15.9. The maximum absolute atomic E-state index is 13.5. The molecule has 0 amide bonds. The molecule has 0 radical (unpaired) electrons. The third kappa shape index (κ3) is 5.16. The van der Waals surface area contributed by atoms with Gasteiger partial charge in [-0.15, -0.1) is 0 Å². The van der Waals surface area contributed by atoms with E-state index in [9.17, 15) is 4.39 Å². The molecular weight excluding hydrogens is 279 g/mol. The fourth-order valence-electron chi connectivity index (χ4n) is 2.01. The minimum atomic E-state index is -0.167. The number of aliphatic imine (C=N–C) groups is 1. The molecule has 0 bridgehead atoms. The molecule has 0 aliphatic heterocycles. The lowest BCUT2D eigenvalue weighted by Gasteiger charge is -2.11. The number of guanidine groups is 1. The molecule has 5 heteroatoms. The van der Waals surface area contributed by atoms with Crippen molar-refractivity contribution in [3.8, 4) is 0 Å². The highest BCUT2D eigenvalue weighted by atomic mass is 19.1. The topological polar surface area (TPSA) is 49.3 Å². The first-order valence-electron chi connectivity index (χ1n) is 7.45. The van der Waals surface area contributed by atoms with Crippen LogP contribution in [0.1, 0.15) is 18.2 Å². The van der Waals surface area contributed by atoms with Crippen LogP contribution in [0, 0.1) is 5.82 Å². The van der Waals surface area contributed by atoms with Crippen LogP contribution in [0.15, 0.2) is 53.7 Å². The third-order valence-corrected chi connectivity index (χ3v) is 3.11. The third-order valence-electron chi connectivity index (χ3n) is 3.11. The van der Waals surface area contributed by atoms with E-state index in [1.165, 1.54) is 6.07 Å². The van der Waals surface area contributed by atoms with Crippen LogP contribution in [0.4, 0.5) is 4.39 Å². The average Bonchev–Trinajstić information content (AvgIpc) is 2.55. The Hall–Kier alpha value is -2.43. The quantitative estimate of drug-likeness (QED) is 0.636. The number of pyridine rings is 1. The molecule has 0 fully saturated rings. The van der Waals surface area contributed by atoms with Crippen molar-refractivity contribution in [3.05, 3.63) is 65.7 Å². The zero-order valence-electron chi connectivity index (χ0n) is 12.7. The molecule has 0 aliphatic carbocycles. The highest BCUT2D eigenvalue weighted by molar-refractivity contribution is 5.79. The smallest absolute Gasteiger partial charge is 0.191 e. The second-order valence-corrected chi connectivity index (χ2v) is 4.78. The molecule has 1 aromatic carbocycles. The van der Waals surface area contributed by atoms with Crippen LogP contribution in [-0.4, -0.2) is 24.0 Å². The van der Waals surface area contributed by atoms with Gasteiger partial charge in [0, 0.05) is 19.3 Å². The van der Waals surface area contributed by atoms with Crippen LogP contribution >= 0.6 is 0 Å². The number of hydrogen-bond donors (Lipinski definition) is 2. The van der Waals surface area contributed by atoms with Crippen molar-refractivity contribution in [1.29, 1.82) is 0 Å². The Balaban J connectivity index is 1.87. The maximum atomic E-state index is 13.5. The van der Waals surface area contributed by atoms with Gasteiger partial charge in [-0.25, -0.2) is 9.38 Å². The fraction of sp³-hybridized carbons (Fsp3) is 0.294. The lowest BCUT2D eigenvalue weighted by molar-refractivity contribution is 0.606. The Morgan fingerprint density at radius 1 is 1.14 bits per heavy atom. The second-order valence-electron chi connectivity index (χ2n) is 4.78. The standard InChI is InChI=1S/C17H21FN4/c1-2-19-17(22-13-15-8-5-6-11-20-15)21-12-10-14-7-3-4-9-16(14)18/h3-9,11H,2,10,12-13H2,1H3,(H2,19,21,22). The van der Waals surface area contributed by atoms with E-state index in [2.05, 4.69) is 20.6 Å². The lowest BCUT2D eigenvalue weighted by atomic mass is 10.1. The molecular formula is C17H21FN4. The van der Waals surface area contributed by atoms with Gasteiger partial charge in [0.2, 0.25) is 0 Å². The first-order chi connectivity index (χ1) is 10.8. The molecule has 0 unspecified atom stereocenters. The Morgan fingerprint density at radius 3 is 2.68 bits per heavy atom. The summed E-state index contributed by atoms with van der Waals surface area (Å²) in [5.41, 5.74) is 1.62. The summed E-state index contributed by atoms with van der Waals surface area (Å²) in [6, 6.07) is 12.6. The van der Waals surface area contributed by atoms with Gasteiger partial charge in [-0.1, -0.05) is 24.3 Å². The van der Waals surface area contributed by atoms with Gasteiger partial charge in [0.25, 0.3) is 0 Å². The minimum absolute atomic E-state index is 0.167. The number of rotatable bonds is 6. The molecule has 0 spiro atoms. The highest BCUT2D eigenvalue weighted by Gasteiger charge is 2.02. The van der Waals surface area contributed by atoms with E-state index in [0.29, 0.717) is 31.0 Å². The van der Waals surface area contributed by atoms with Crippen molar-refractivity contribution < 1.29 is 4.39 Å². The average molecular weight is 300 g/mol. The Labute approximate surface area is 130 Å². The molecule has 0 saturated heterocycles. The monoisotopic (exact) mass is 300 g/mol. The van der Waals surface area contributed by atoms with Crippen LogP contribution in [0.5, 0.6) is 0 Å². The fourth-order valence-corrected chi connectivity index (χ4v) is 2.01. The summed E-state index contributed by atoms with van der Waals surface area (Å²) in [7, 11) is 0. The predicted molar refractivity (Wildman–Crippen MR) is 87.2 cm³/mol. The summed E-state index contributed by atoms with van der Waals surface area (Å²) in [5, 5.41) is 6.38. The predicted octanol–water partition coefficient (Wildman–Crippen LogP) is 2.52. The van der Waals surface area contributed by atoms with Crippen molar-refractivity contribution in [2.75, 3.05) is 13.1 Å². The van der Waals surface area contributed by atoms with E-state index in [-0.39, 0.29) is 5.82 Å². The summed E-state index contributed by atoms with van der Waals surface area (Å²) >= 11 is 0. The SMILES string of the molecule is CCNC(=NCc1ccccn1)NCCc1ccccc1F. The van der Waals surface area contributed by atoms with Crippen molar-refractivity contribution in [2.45, 2.75) is 19.9 Å². The first-order valence-corrected chi connectivity index (χ1v) is 7.45. The van der Waals surface area contributed by atoms with E-state index in [1.807, 2.05) is 31.2 Å². The van der Waals surface area contributed by atoms with Gasteiger partial charge in [-0.2, -0.15) is 0 Å². The van der Waals surface area contributed by atoms with Crippen molar-refractivity contribution >= 4 is 5.96 Å². The molecule has 0 saturated carbocycles. The Bertz CT molecular complexity index is 599. The molecule has 2 rings (SSSR count). The number of benzene rings is 1. The molecule has 0 aliphatic rings. The van der Waals surface area contributed by atoms with E-state index in [0.717, 1.165) is 12.2 Å². The molecule has 2 aromatic rings. The van der Waals surface area contributed by atoms with Crippen LogP contribution in [0.3, 0.4) is 0 Å². The minimum Gasteiger partial charge on any atom is -0.357 e. The van der Waals surface area contributed by atoms with Gasteiger partial charge in [-0.3, -0.25) is 4.98 Å². The maximum Gasteiger partial charge on any atom is 0.191 e. The highest BCUT2D eigenvalue weighted by Crippen LogP contribution is 2.06. The van der Waals surface area contributed by atoms with Crippen LogP contribution in [0.2, 0.25) is 0 Å². The van der Waals surface area contributed by atoms with Gasteiger partial charge in [0.15, 0.2) is 5.96 Å². The summed E-state index contributed by atoms with van der Waals surface area (Å²) in [5.74, 6) is 0.546. The van der Waals surface area contributed by atoms with Gasteiger partial charge in [0.05, 0.1) is 12.2 Å². The normalized spacial score (nSPS) is 11.3. The zero-order chi connectivity index (χ0) is 15.6. The van der Waals surface area contributed by atoms with Crippen LogP contribution in [0.25, 0.3) is 0 Å². The van der Waals surface area contributed by atoms with E-state index < -0.39 is 0 Å². The molecule has 2 N–H and O–H groups in total. The van der Waals surface area contributed by atoms with Gasteiger partial charge in [0.1, 0.15) is 5.82 Å². The number of nitrogens with one attached hydrogen (secondary N) is 2. The number of hydrogen-bond acceptors (Lipinski definition) is 2. The van der Waals surface area contributed by atoms with Crippen molar-refractivity contribution in [3.63, 3.8) is 0 Å². The van der Waals surface area contributed by atoms with E-state index >= 15 is 0 Å². The summed E-state index contributed by atoms with van der Waals surface area (Å²) in [6.07, 6.45) is 2.37.